The monoisotopic (exact) mass is 345 g/mol. The molecule has 0 saturated carbocycles. The minimum atomic E-state index is -0.0865. The van der Waals surface area contributed by atoms with Crippen molar-refractivity contribution in [3.05, 3.63) is 51.5 Å². The van der Waals surface area contributed by atoms with E-state index in [1.54, 1.807) is 16.7 Å². The van der Waals surface area contributed by atoms with Crippen molar-refractivity contribution < 1.29 is 4.79 Å². The standard InChI is InChI=1S/C14H14Cl3N3O/c1-9(10-2-4-11(15)5-3-10)19-12(21)6-7-20-8-18-13(16)14(20)17/h2-5,8-9H,6-7H2,1H3,(H,19,21). The molecule has 0 aliphatic heterocycles. The first-order valence-corrected chi connectivity index (χ1v) is 7.51. The Bertz CT molecular complexity index is 625. The Morgan fingerprint density at radius 2 is 1.95 bits per heavy atom. The summed E-state index contributed by atoms with van der Waals surface area (Å²) in [4.78, 5) is 15.8. The summed E-state index contributed by atoms with van der Waals surface area (Å²) in [7, 11) is 0. The van der Waals surface area contributed by atoms with Gasteiger partial charge in [-0.15, -0.1) is 0 Å². The van der Waals surface area contributed by atoms with Gasteiger partial charge in [-0.25, -0.2) is 4.98 Å². The van der Waals surface area contributed by atoms with Crippen LogP contribution in [0.15, 0.2) is 30.6 Å². The van der Waals surface area contributed by atoms with Crippen LogP contribution < -0.4 is 5.32 Å². The lowest BCUT2D eigenvalue weighted by Gasteiger charge is -2.14. The number of amides is 1. The Balaban J connectivity index is 1.87. The number of halogens is 3. The molecule has 7 heteroatoms. The summed E-state index contributed by atoms with van der Waals surface area (Å²) in [6, 6.07) is 7.29. The van der Waals surface area contributed by atoms with Gasteiger partial charge in [-0.3, -0.25) is 4.79 Å². The van der Waals surface area contributed by atoms with Crippen LogP contribution in [0.1, 0.15) is 24.9 Å². The number of carbonyl (C=O) groups is 1. The lowest BCUT2D eigenvalue weighted by Crippen LogP contribution is -2.27. The van der Waals surface area contributed by atoms with Crippen molar-refractivity contribution in [1.29, 1.82) is 0 Å². The van der Waals surface area contributed by atoms with Crippen molar-refractivity contribution >= 4 is 40.7 Å². The summed E-state index contributed by atoms with van der Waals surface area (Å²) in [5, 5.41) is 4.18. The minimum absolute atomic E-state index is 0.0710. The number of benzene rings is 1. The second kappa shape index (κ2) is 7.16. The summed E-state index contributed by atoms with van der Waals surface area (Å²) in [6.45, 7) is 2.35. The van der Waals surface area contributed by atoms with Gasteiger partial charge in [0.1, 0.15) is 5.15 Å². The summed E-state index contributed by atoms with van der Waals surface area (Å²) in [5.41, 5.74) is 0.997. The zero-order chi connectivity index (χ0) is 15.4. The van der Waals surface area contributed by atoms with Crippen molar-refractivity contribution in [3.8, 4) is 0 Å². The third-order valence-electron chi connectivity index (χ3n) is 3.06. The third-order valence-corrected chi connectivity index (χ3v) is 4.08. The Kier molecular flexibility index (Phi) is 5.51. The summed E-state index contributed by atoms with van der Waals surface area (Å²) >= 11 is 17.5. The maximum absolute atomic E-state index is 11.9. The number of aryl methyl sites for hydroxylation is 1. The zero-order valence-corrected chi connectivity index (χ0v) is 13.6. The summed E-state index contributed by atoms with van der Waals surface area (Å²) in [5.74, 6) is -0.0710. The SMILES string of the molecule is CC(NC(=O)CCn1cnc(Cl)c1Cl)c1ccc(Cl)cc1. The molecular formula is C14H14Cl3N3O. The molecule has 0 spiro atoms. The quantitative estimate of drug-likeness (QED) is 0.885. The molecule has 112 valence electrons. The van der Waals surface area contributed by atoms with Crippen LogP contribution in [0.5, 0.6) is 0 Å². The Labute approximate surface area is 138 Å². The fourth-order valence-corrected chi connectivity index (χ4v) is 2.32. The number of rotatable bonds is 5. The number of nitrogens with one attached hydrogen (secondary N) is 1. The van der Waals surface area contributed by atoms with Crippen LogP contribution in [0.25, 0.3) is 0 Å². The van der Waals surface area contributed by atoms with Gasteiger partial charge in [-0.05, 0) is 24.6 Å². The molecule has 2 rings (SSSR count). The van der Waals surface area contributed by atoms with Crippen molar-refractivity contribution in [2.75, 3.05) is 0 Å². The van der Waals surface area contributed by atoms with E-state index in [1.807, 2.05) is 19.1 Å². The van der Waals surface area contributed by atoms with Gasteiger partial charge in [0, 0.05) is 18.0 Å². The topological polar surface area (TPSA) is 46.9 Å². The van der Waals surface area contributed by atoms with Gasteiger partial charge in [0.2, 0.25) is 5.91 Å². The molecule has 1 unspecified atom stereocenters. The van der Waals surface area contributed by atoms with E-state index in [2.05, 4.69) is 10.3 Å². The maximum Gasteiger partial charge on any atom is 0.222 e. The zero-order valence-electron chi connectivity index (χ0n) is 11.3. The smallest absolute Gasteiger partial charge is 0.222 e. The number of hydrogen-bond acceptors (Lipinski definition) is 2. The third kappa shape index (κ3) is 4.37. The first kappa shape index (κ1) is 16.1. The van der Waals surface area contributed by atoms with Gasteiger partial charge in [-0.2, -0.15) is 0 Å². The highest BCUT2D eigenvalue weighted by Crippen LogP contribution is 2.20. The van der Waals surface area contributed by atoms with Gasteiger partial charge in [0.25, 0.3) is 0 Å². The molecule has 2 aromatic rings. The van der Waals surface area contributed by atoms with E-state index in [-0.39, 0.29) is 17.1 Å². The van der Waals surface area contributed by atoms with Crippen LogP contribution >= 0.6 is 34.8 Å². The van der Waals surface area contributed by atoms with Crippen LogP contribution in [-0.2, 0) is 11.3 Å². The number of aromatic nitrogens is 2. The Morgan fingerprint density at radius 1 is 1.29 bits per heavy atom. The van der Waals surface area contributed by atoms with Gasteiger partial charge >= 0.3 is 0 Å². The van der Waals surface area contributed by atoms with E-state index in [0.29, 0.717) is 23.1 Å². The Morgan fingerprint density at radius 3 is 2.52 bits per heavy atom. The highest BCUT2D eigenvalue weighted by molar-refractivity contribution is 6.40. The second-order valence-electron chi connectivity index (χ2n) is 4.61. The first-order valence-electron chi connectivity index (χ1n) is 6.38. The van der Waals surface area contributed by atoms with Gasteiger partial charge in [0.15, 0.2) is 5.15 Å². The Hall–Kier alpha value is -1.23. The largest absolute Gasteiger partial charge is 0.350 e. The lowest BCUT2D eigenvalue weighted by atomic mass is 10.1. The number of imidazole rings is 1. The highest BCUT2D eigenvalue weighted by Gasteiger charge is 2.11. The molecule has 0 aliphatic rings. The first-order chi connectivity index (χ1) is 9.97. The van der Waals surface area contributed by atoms with E-state index in [1.165, 1.54) is 6.33 Å². The van der Waals surface area contributed by atoms with E-state index in [9.17, 15) is 4.79 Å². The molecule has 0 radical (unpaired) electrons. The average molecular weight is 347 g/mol. The molecule has 0 saturated heterocycles. The van der Waals surface area contributed by atoms with E-state index in [0.717, 1.165) is 5.56 Å². The van der Waals surface area contributed by atoms with Crippen LogP contribution in [0.4, 0.5) is 0 Å². The van der Waals surface area contributed by atoms with Crippen LogP contribution in [0.3, 0.4) is 0 Å². The van der Waals surface area contributed by atoms with E-state index < -0.39 is 0 Å². The summed E-state index contributed by atoms with van der Waals surface area (Å²) < 4.78 is 1.64. The van der Waals surface area contributed by atoms with Crippen LogP contribution in [-0.4, -0.2) is 15.5 Å². The fraction of sp³-hybridized carbons (Fsp3) is 0.286. The maximum atomic E-state index is 11.9. The molecule has 1 amide bonds. The normalized spacial score (nSPS) is 12.2. The molecule has 1 N–H and O–H groups in total. The van der Waals surface area contributed by atoms with Crippen LogP contribution in [0, 0.1) is 0 Å². The lowest BCUT2D eigenvalue weighted by molar-refractivity contribution is -0.121. The molecule has 1 aromatic carbocycles. The highest BCUT2D eigenvalue weighted by atomic mass is 35.5. The van der Waals surface area contributed by atoms with Crippen molar-refractivity contribution in [3.63, 3.8) is 0 Å². The number of nitrogens with zero attached hydrogens (tertiary/aromatic N) is 2. The van der Waals surface area contributed by atoms with E-state index >= 15 is 0 Å². The number of carbonyl (C=O) groups excluding carboxylic acids is 1. The molecule has 1 aromatic heterocycles. The van der Waals surface area contributed by atoms with Crippen molar-refractivity contribution in [2.45, 2.75) is 25.9 Å². The molecule has 4 nitrogen and oxygen atoms in total. The average Bonchev–Trinajstić information content (AvgIpc) is 2.77. The summed E-state index contributed by atoms with van der Waals surface area (Å²) in [6.07, 6.45) is 1.81. The van der Waals surface area contributed by atoms with Crippen molar-refractivity contribution in [1.82, 2.24) is 14.9 Å². The van der Waals surface area contributed by atoms with Gasteiger partial charge in [-0.1, -0.05) is 46.9 Å². The molecule has 1 heterocycles. The number of hydrogen-bond donors (Lipinski definition) is 1. The molecule has 1 atom stereocenters. The van der Waals surface area contributed by atoms with Gasteiger partial charge in [0.05, 0.1) is 12.4 Å². The molecule has 21 heavy (non-hydrogen) atoms. The van der Waals surface area contributed by atoms with Gasteiger partial charge < -0.3 is 9.88 Å². The van der Waals surface area contributed by atoms with E-state index in [4.69, 9.17) is 34.8 Å². The predicted molar refractivity (Wildman–Crippen MR) is 84.9 cm³/mol. The second-order valence-corrected chi connectivity index (χ2v) is 5.76. The molecule has 0 aliphatic carbocycles. The molecule has 0 bridgehead atoms. The molecular weight excluding hydrogens is 333 g/mol. The predicted octanol–water partition coefficient (Wildman–Crippen LogP) is 4.11. The van der Waals surface area contributed by atoms with Crippen LogP contribution in [0.2, 0.25) is 15.3 Å². The molecule has 0 fully saturated rings. The minimum Gasteiger partial charge on any atom is -0.350 e. The van der Waals surface area contributed by atoms with Crippen molar-refractivity contribution in [2.24, 2.45) is 0 Å². The fourth-order valence-electron chi connectivity index (χ4n) is 1.87.